The molecule has 1 aliphatic carbocycles. The monoisotopic (exact) mass is 474 g/mol. The third-order valence-electron chi connectivity index (χ3n) is 7.15. The average Bonchev–Trinajstić information content (AvgIpc) is 3.34. The van der Waals surface area contributed by atoms with Crippen molar-refractivity contribution in [2.75, 3.05) is 29.9 Å². The first-order valence-electron chi connectivity index (χ1n) is 12.3. The molecule has 0 unspecified atom stereocenters. The number of aromatic nitrogens is 5. The van der Waals surface area contributed by atoms with E-state index in [9.17, 15) is 4.79 Å². The van der Waals surface area contributed by atoms with Crippen molar-refractivity contribution in [2.24, 2.45) is 12.5 Å². The number of carbonyl (C=O) groups excluding carboxylic acids is 1. The van der Waals surface area contributed by atoms with Gasteiger partial charge in [-0.3, -0.25) is 14.5 Å². The first-order valence-corrected chi connectivity index (χ1v) is 12.3. The molecule has 9 nitrogen and oxygen atoms in total. The molecule has 0 radical (unpaired) electrons. The summed E-state index contributed by atoms with van der Waals surface area (Å²) in [7, 11) is 2.01. The van der Waals surface area contributed by atoms with Crippen LogP contribution >= 0.6 is 0 Å². The van der Waals surface area contributed by atoms with Crippen LogP contribution in [0.2, 0.25) is 0 Å². The van der Waals surface area contributed by atoms with E-state index < -0.39 is 0 Å². The molecule has 9 heteroatoms. The zero-order valence-corrected chi connectivity index (χ0v) is 21.2. The second-order valence-corrected chi connectivity index (χ2v) is 10.1. The minimum absolute atomic E-state index is 0.538. The van der Waals surface area contributed by atoms with Crippen LogP contribution < -0.4 is 15.5 Å². The fourth-order valence-corrected chi connectivity index (χ4v) is 5.66. The number of aryl methyl sites for hydroxylation is 4. The maximum absolute atomic E-state index is 10.2. The van der Waals surface area contributed by atoms with E-state index in [0.29, 0.717) is 17.6 Å². The zero-order valence-electron chi connectivity index (χ0n) is 21.2. The van der Waals surface area contributed by atoms with E-state index in [1.165, 1.54) is 42.6 Å². The second-order valence-electron chi connectivity index (χ2n) is 10.1. The van der Waals surface area contributed by atoms with Crippen LogP contribution in [0.3, 0.4) is 0 Å². The number of benzene rings is 1. The molecule has 3 aromatic heterocycles. The summed E-state index contributed by atoms with van der Waals surface area (Å²) in [5.74, 6) is 0.538. The van der Waals surface area contributed by atoms with Gasteiger partial charge in [-0.1, -0.05) is 13.0 Å². The largest absolute Gasteiger partial charge is 0.370 e. The molecule has 2 N–H and O–H groups in total. The van der Waals surface area contributed by atoms with Gasteiger partial charge in [0.05, 0.1) is 23.1 Å². The predicted molar refractivity (Wildman–Crippen MR) is 139 cm³/mol. The molecule has 0 atom stereocenters. The fraction of sp³-hybridized carbons (Fsp3) is 0.462. The molecule has 4 heterocycles. The van der Waals surface area contributed by atoms with Crippen molar-refractivity contribution in [3.8, 4) is 0 Å². The van der Waals surface area contributed by atoms with Crippen LogP contribution in [-0.2, 0) is 11.8 Å². The standard InChI is InChI=1S/C17H24N4.C9H10N4O/c1-4-18-13-7-17(8-13)10-21(11-17)15-6-5-12(2)16-14(15)9-20(3)19-16;1-6-3-13-4-8(10-5-14)12-9(13)7(2)11-6/h5-6,9,13,18H,4,7-8,10-11H2,1-3H3;3-5H,1-2H3,(H,10,14). The van der Waals surface area contributed by atoms with E-state index in [2.05, 4.69) is 62.8 Å². The highest BCUT2D eigenvalue weighted by Crippen LogP contribution is 2.50. The van der Waals surface area contributed by atoms with Gasteiger partial charge in [0, 0.05) is 55.1 Å². The number of carbonyl (C=O) groups is 1. The average molecular weight is 475 g/mol. The van der Waals surface area contributed by atoms with Crippen molar-refractivity contribution in [1.82, 2.24) is 29.5 Å². The Balaban J connectivity index is 0.000000158. The minimum atomic E-state index is 0.538. The highest BCUT2D eigenvalue weighted by Gasteiger charge is 2.52. The van der Waals surface area contributed by atoms with E-state index in [-0.39, 0.29) is 0 Å². The molecule has 0 bridgehead atoms. The zero-order chi connectivity index (χ0) is 24.7. The highest BCUT2D eigenvalue weighted by atomic mass is 16.1. The molecule has 1 saturated carbocycles. The molecular weight excluding hydrogens is 440 g/mol. The van der Waals surface area contributed by atoms with E-state index >= 15 is 0 Å². The van der Waals surface area contributed by atoms with Crippen LogP contribution in [0, 0.1) is 26.2 Å². The van der Waals surface area contributed by atoms with Crippen LogP contribution in [0.15, 0.2) is 30.7 Å². The van der Waals surface area contributed by atoms with Gasteiger partial charge in [0.2, 0.25) is 6.41 Å². The van der Waals surface area contributed by atoms with Gasteiger partial charge in [-0.05, 0) is 51.8 Å². The number of hydrogen-bond acceptors (Lipinski definition) is 6. The van der Waals surface area contributed by atoms with Gasteiger partial charge < -0.3 is 19.9 Å². The summed E-state index contributed by atoms with van der Waals surface area (Å²) in [6, 6.07) is 5.23. The number of hydrogen-bond donors (Lipinski definition) is 2. The summed E-state index contributed by atoms with van der Waals surface area (Å²) < 4.78 is 3.78. The molecule has 1 saturated heterocycles. The topological polar surface area (TPSA) is 92.4 Å². The Morgan fingerprint density at radius 3 is 2.60 bits per heavy atom. The lowest BCUT2D eigenvalue weighted by molar-refractivity contribution is -0.105. The second kappa shape index (κ2) is 8.96. The Labute approximate surface area is 205 Å². The van der Waals surface area contributed by atoms with Crippen molar-refractivity contribution in [1.29, 1.82) is 0 Å². The van der Waals surface area contributed by atoms with Crippen molar-refractivity contribution >= 4 is 34.5 Å². The lowest BCUT2D eigenvalue weighted by atomic mass is 9.60. The van der Waals surface area contributed by atoms with Crippen molar-refractivity contribution in [3.63, 3.8) is 0 Å². The van der Waals surface area contributed by atoms with E-state index in [0.717, 1.165) is 35.1 Å². The van der Waals surface area contributed by atoms with Crippen LogP contribution in [-0.4, -0.2) is 56.2 Å². The molecule has 35 heavy (non-hydrogen) atoms. The molecular formula is C26H34N8O. The van der Waals surface area contributed by atoms with Crippen LogP contribution in [0.1, 0.15) is 36.7 Å². The van der Waals surface area contributed by atoms with Crippen LogP contribution in [0.25, 0.3) is 16.6 Å². The van der Waals surface area contributed by atoms with Crippen molar-refractivity contribution in [2.45, 2.75) is 46.6 Å². The van der Waals surface area contributed by atoms with Gasteiger partial charge in [-0.25, -0.2) is 4.98 Å². The molecule has 1 aromatic carbocycles. The van der Waals surface area contributed by atoms with E-state index in [1.807, 2.05) is 36.2 Å². The quantitative estimate of drug-likeness (QED) is 0.431. The summed E-state index contributed by atoms with van der Waals surface area (Å²) in [6.45, 7) is 11.7. The molecule has 6 rings (SSSR count). The summed E-state index contributed by atoms with van der Waals surface area (Å²) in [5.41, 5.74) is 6.90. The van der Waals surface area contributed by atoms with Crippen molar-refractivity contribution < 1.29 is 4.79 Å². The van der Waals surface area contributed by atoms with E-state index in [1.54, 1.807) is 6.20 Å². The summed E-state index contributed by atoms with van der Waals surface area (Å²) in [5, 5.41) is 12.0. The van der Waals surface area contributed by atoms with Crippen LogP contribution in [0.4, 0.5) is 11.5 Å². The highest BCUT2D eigenvalue weighted by molar-refractivity contribution is 5.94. The predicted octanol–water partition coefficient (Wildman–Crippen LogP) is 3.37. The van der Waals surface area contributed by atoms with Crippen molar-refractivity contribution in [3.05, 3.63) is 47.7 Å². The minimum Gasteiger partial charge on any atom is -0.370 e. The van der Waals surface area contributed by atoms with Crippen LogP contribution in [0.5, 0.6) is 0 Å². The Hall–Kier alpha value is -3.46. The molecule has 4 aromatic rings. The first kappa shape index (κ1) is 23.3. The SMILES string of the molecule is CCNC1CC2(C1)CN(c1ccc(C)c3nn(C)cc13)C2.Cc1cn2cc(NC=O)nc2c(C)n1. The normalized spacial score (nSPS) is 16.7. The number of fused-ring (bicyclic) bond motifs is 2. The molecule has 2 fully saturated rings. The fourth-order valence-electron chi connectivity index (χ4n) is 5.66. The molecule has 1 amide bonds. The summed E-state index contributed by atoms with van der Waals surface area (Å²) in [4.78, 5) is 21.2. The van der Waals surface area contributed by atoms with Gasteiger partial charge in [-0.2, -0.15) is 5.10 Å². The number of amides is 1. The van der Waals surface area contributed by atoms with Gasteiger partial charge >= 0.3 is 0 Å². The van der Waals surface area contributed by atoms with Gasteiger partial charge in [0.15, 0.2) is 11.5 Å². The molecule has 1 spiro atoms. The molecule has 184 valence electrons. The number of imidazole rings is 1. The summed E-state index contributed by atoms with van der Waals surface area (Å²) in [6.07, 6.45) is 9.08. The Morgan fingerprint density at radius 1 is 1.11 bits per heavy atom. The Bertz CT molecular complexity index is 1370. The Morgan fingerprint density at radius 2 is 1.89 bits per heavy atom. The Kier molecular flexibility index (Phi) is 5.96. The lowest BCUT2D eigenvalue weighted by Gasteiger charge is -2.60. The van der Waals surface area contributed by atoms with Gasteiger partial charge in [0.25, 0.3) is 0 Å². The molecule has 1 aliphatic heterocycles. The third kappa shape index (κ3) is 4.36. The number of anilines is 2. The first-order chi connectivity index (χ1) is 16.8. The smallest absolute Gasteiger partial charge is 0.212 e. The van der Waals surface area contributed by atoms with Gasteiger partial charge in [-0.15, -0.1) is 0 Å². The maximum Gasteiger partial charge on any atom is 0.212 e. The lowest BCUT2D eigenvalue weighted by Crippen LogP contribution is -2.66. The number of rotatable bonds is 5. The van der Waals surface area contributed by atoms with Gasteiger partial charge in [0.1, 0.15) is 0 Å². The van der Waals surface area contributed by atoms with E-state index in [4.69, 9.17) is 0 Å². The third-order valence-corrected chi connectivity index (χ3v) is 7.15. The number of nitrogens with zero attached hydrogens (tertiary/aromatic N) is 6. The molecule has 2 aliphatic rings. The maximum atomic E-state index is 10.2. The number of nitrogens with one attached hydrogen (secondary N) is 2. The summed E-state index contributed by atoms with van der Waals surface area (Å²) >= 11 is 0.